The molecule has 1 aromatic heterocycles. The Morgan fingerprint density at radius 3 is 2.48 bits per heavy atom. The first-order valence-corrected chi connectivity index (χ1v) is 6.24. The summed E-state index contributed by atoms with van der Waals surface area (Å²) >= 11 is 0. The fourth-order valence-electron chi connectivity index (χ4n) is 1.93. The van der Waals surface area contributed by atoms with E-state index in [0.717, 1.165) is 5.56 Å². The molecule has 2 aromatic carbocycles. The van der Waals surface area contributed by atoms with Crippen LogP contribution in [0.2, 0.25) is 0 Å². The average molecular weight is 287 g/mol. The van der Waals surface area contributed by atoms with Crippen LogP contribution >= 0.6 is 0 Å². The highest BCUT2D eigenvalue weighted by molar-refractivity contribution is 5.70. The van der Waals surface area contributed by atoms with E-state index in [2.05, 4.69) is 10.1 Å². The number of rotatable bonds is 3. The van der Waals surface area contributed by atoms with Crippen LogP contribution in [-0.4, -0.2) is 10.1 Å². The van der Waals surface area contributed by atoms with Crippen molar-refractivity contribution < 1.29 is 13.3 Å². The molecule has 2 N–H and O–H groups in total. The number of anilines is 1. The van der Waals surface area contributed by atoms with Crippen LogP contribution in [-0.2, 0) is 6.42 Å². The Kier molecular flexibility index (Phi) is 3.35. The first-order valence-electron chi connectivity index (χ1n) is 6.24. The third kappa shape index (κ3) is 2.89. The molecule has 0 saturated heterocycles. The number of aromatic nitrogens is 2. The lowest BCUT2D eigenvalue weighted by Gasteiger charge is -1.99. The maximum Gasteiger partial charge on any atom is 0.260 e. The summed E-state index contributed by atoms with van der Waals surface area (Å²) in [4.78, 5) is 4.18. The number of halogens is 2. The summed E-state index contributed by atoms with van der Waals surface area (Å²) in [7, 11) is 0. The van der Waals surface area contributed by atoms with Crippen molar-refractivity contribution >= 4 is 5.69 Å². The summed E-state index contributed by atoms with van der Waals surface area (Å²) in [5.41, 5.74) is 7.32. The number of hydrogen-bond donors (Lipinski definition) is 1. The van der Waals surface area contributed by atoms with Gasteiger partial charge in [0.1, 0.15) is 11.6 Å². The molecule has 6 heteroatoms. The molecule has 1 heterocycles. The molecule has 3 aromatic rings. The third-order valence-corrected chi connectivity index (χ3v) is 2.99. The summed E-state index contributed by atoms with van der Waals surface area (Å²) in [6.07, 6.45) is 0.388. The van der Waals surface area contributed by atoms with Gasteiger partial charge in [-0.3, -0.25) is 0 Å². The summed E-state index contributed by atoms with van der Waals surface area (Å²) in [6.45, 7) is 0. The van der Waals surface area contributed by atoms with Crippen LogP contribution < -0.4 is 5.73 Å². The normalized spacial score (nSPS) is 10.8. The second kappa shape index (κ2) is 5.32. The molecule has 0 bridgehead atoms. The molecule has 0 aliphatic rings. The first kappa shape index (κ1) is 13.2. The summed E-state index contributed by atoms with van der Waals surface area (Å²) in [6, 6.07) is 9.94. The SMILES string of the molecule is Nc1ccc(F)cc1-c1nc(Cc2ccc(F)cc2)no1. The van der Waals surface area contributed by atoms with Crippen molar-refractivity contribution in [3.8, 4) is 11.5 Å². The number of benzene rings is 2. The van der Waals surface area contributed by atoms with Gasteiger partial charge in [-0.1, -0.05) is 17.3 Å². The second-order valence-corrected chi connectivity index (χ2v) is 4.55. The van der Waals surface area contributed by atoms with Crippen molar-refractivity contribution in [3.05, 3.63) is 65.5 Å². The Morgan fingerprint density at radius 2 is 1.71 bits per heavy atom. The van der Waals surface area contributed by atoms with Gasteiger partial charge in [0.25, 0.3) is 5.89 Å². The number of hydrogen-bond acceptors (Lipinski definition) is 4. The lowest BCUT2D eigenvalue weighted by molar-refractivity contribution is 0.424. The maximum absolute atomic E-state index is 13.2. The quantitative estimate of drug-likeness (QED) is 0.751. The third-order valence-electron chi connectivity index (χ3n) is 2.99. The van der Waals surface area contributed by atoms with Gasteiger partial charge in [0, 0.05) is 12.1 Å². The van der Waals surface area contributed by atoms with Crippen LogP contribution in [0.25, 0.3) is 11.5 Å². The standard InChI is InChI=1S/C15H11F2N3O/c16-10-3-1-9(2-4-10)7-14-19-15(21-20-14)12-8-11(17)5-6-13(12)18/h1-6,8H,7,18H2. The molecule has 0 spiro atoms. The van der Waals surface area contributed by atoms with Crippen molar-refractivity contribution in [2.45, 2.75) is 6.42 Å². The van der Waals surface area contributed by atoms with Gasteiger partial charge >= 0.3 is 0 Å². The molecule has 0 amide bonds. The summed E-state index contributed by atoms with van der Waals surface area (Å²) < 4.78 is 31.2. The zero-order chi connectivity index (χ0) is 14.8. The highest BCUT2D eigenvalue weighted by atomic mass is 19.1. The van der Waals surface area contributed by atoms with Gasteiger partial charge in [-0.25, -0.2) is 8.78 Å². The predicted molar refractivity (Wildman–Crippen MR) is 73.3 cm³/mol. The predicted octanol–water partition coefficient (Wildman–Crippen LogP) is 3.19. The fourth-order valence-corrected chi connectivity index (χ4v) is 1.93. The minimum absolute atomic E-state index is 0.157. The zero-order valence-corrected chi connectivity index (χ0v) is 10.9. The molecule has 21 heavy (non-hydrogen) atoms. The molecule has 0 saturated carbocycles. The zero-order valence-electron chi connectivity index (χ0n) is 10.9. The minimum atomic E-state index is -0.433. The van der Waals surface area contributed by atoms with E-state index >= 15 is 0 Å². The van der Waals surface area contributed by atoms with E-state index in [1.165, 1.54) is 30.3 Å². The molecule has 0 radical (unpaired) electrons. The highest BCUT2D eigenvalue weighted by Gasteiger charge is 2.13. The van der Waals surface area contributed by atoms with E-state index in [0.29, 0.717) is 23.5 Å². The van der Waals surface area contributed by atoms with E-state index in [-0.39, 0.29) is 11.7 Å². The Bertz CT molecular complexity index is 769. The highest BCUT2D eigenvalue weighted by Crippen LogP contribution is 2.25. The number of nitrogens with two attached hydrogens (primary N) is 1. The van der Waals surface area contributed by atoms with Crippen molar-refractivity contribution in [3.63, 3.8) is 0 Å². The molecule has 0 atom stereocenters. The largest absolute Gasteiger partial charge is 0.398 e. The second-order valence-electron chi connectivity index (χ2n) is 4.55. The van der Waals surface area contributed by atoms with E-state index < -0.39 is 5.82 Å². The lowest BCUT2D eigenvalue weighted by atomic mass is 10.1. The monoisotopic (exact) mass is 287 g/mol. The van der Waals surface area contributed by atoms with Gasteiger partial charge in [0.2, 0.25) is 0 Å². The Labute approximate surface area is 119 Å². The summed E-state index contributed by atoms with van der Waals surface area (Å²) in [5.74, 6) is -0.165. The Hall–Kier alpha value is -2.76. The van der Waals surface area contributed by atoms with Crippen LogP contribution in [0.5, 0.6) is 0 Å². The van der Waals surface area contributed by atoms with Crippen molar-refractivity contribution in [2.75, 3.05) is 5.73 Å². The molecule has 0 aliphatic carbocycles. The number of nitrogen functional groups attached to an aromatic ring is 1. The van der Waals surface area contributed by atoms with E-state index in [9.17, 15) is 8.78 Å². The van der Waals surface area contributed by atoms with Gasteiger partial charge < -0.3 is 10.3 Å². The van der Waals surface area contributed by atoms with Crippen LogP contribution in [0.1, 0.15) is 11.4 Å². The fraction of sp³-hybridized carbons (Fsp3) is 0.0667. The minimum Gasteiger partial charge on any atom is -0.398 e. The summed E-state index contributed by atoms with van der Waals surface area (Å²) in [5, 5.41) is 3.82. The lowest BCUT2D eigenvalue weighted by Crippen LogP contribution is -1.93. The maximum atomic E-state index is 13.2. The van der Waals surface area contributed by atoms with Crippen LogP contribution in [0.15, 0.2) is 47.0 Å². The van der Waals surface area contributed by atoms with Gasteiger partial charge in [0.05, 0.1) is 5.56 Å². The number of nitrogens with zero attached hydrogens (tertiary/aromatic N) is 2. The van der Waals surface area contributed by atoms with Crippen LogP contribution in [0.4, 0.5) is 14.5 Å². The first-order chi connectivity index (χ1) is 10.1. The molecule has 0 aliphatic heterocycles. The molecule has 3 rings (SSSR count). The van der Waals surface area contributed by atoms with Crippen molar-refractivity contribution in [2.24, 2.45) is 0 Å². The van der Waals surface area contributed by atoms with Crippen molar-refractivity contribution in [1.82, 2.24) is 10.1 Å². The Morgan fingerprint density at radius 1 is 1.00 bits per heavy atom. The Balaban J connectivity index is 1.86. The smallest absolute Gasteiger partial charge is 0.260 e. The van der Waals surface area contributed by atoms with Crippen molar-refractivity contribution in [1.29, 1.82) is 0 Å². The topological polar surface area (TPSA) is 64.9 Å². The average Bonchev–Trinajstić information content (AvgIpc) is 2.92. The molecular weight excluding hydrogens is 276 g/mol. The molecule has 106 valence electrons. The van der Waals surface area contributed by atoms with Gasteiger partial charge in [-0.2, -0.15) is 4.98 Å². The molecule has 0 fully saturated rings. The van der Waals surface area contributed by atoms with Gasteiger partial charge in [0.15, 0.2) is 5.82 Å². The van der Waals surface area contributed by atoms with E-state index in [1.807, 2.05) is 0 Å². The van der Waals surface area contributed by atoms with Gasteiger partial charge in [-0.15, -0.1) is 0 Å². The van der Waals surface area contributed by atoms with E-state index in [4.69, 9.17) is 10.3 Å². The van der Waals surface area contributed by atoms with Gasteiger partial charge in [-0.05, 0) is 35.9 Å². The molecule has 4 nitrogen and oxygen atoms in total. The van der Waals surface area contributed by atoms with Crippen LogP contribution in [0, 0.1) is 11.6 Å². The van der Waals surface area contributed by atoms with E-state index in [1.54, 1.807) is 12.1 Å². The molecule has 0 unspecified atom stereocenters. The molecular formula is C15H11F2N3O. The van der Waals surface area contributed by atoms with Crippen LogP contribution in [0.3, 0.4) is 0 Å².